The molecule has 1 heterocycles. The van der Waals surface area contributed by atoms with E-state index in [4.69, 9.17) is 4.52 Å². The molecule has 1 rings (SSSR count). The first-order chi connectivity index (χ1) is 10.8. The van der Waals surface area contributed by atoms with Crippen LogP contribution in [0.1, 0.15) is 44.6 Å². The van der Waals surface area contributed by atoms with Gasteiger partial charge in [-0.3, -0.25) is 0 Å². The third kappa shape index (κ3) is 8.56. The average Bonchev–Trinajstić information content (AvgIpc) is 2.92. The molecule has 1 aromatic heterocycles. The Morgan fingerprint density at radius 1 is 1.35 bits per heavy atom. The highest BCUT2D eigenvalue weighted by molar-refractivity contribution is 7.88. The average molecular weight is 345 g/mol. The van der Waals surface area contributed by atoms with E-state index in [0.717, 1.165) is 18.5 Å². The quantitative estimate of drug-likeness (QED) is 0.347. The molecule has 9 heteroatoms. The van der Waals surface area contributed by atoms with Crippen LogP contribution in [-0.4, -0.2) is 45.4 Å². The van der Waals surface area contributed by atoms with Crippen LogP contribution in [0.5, 0.6) is 0 Å². The Morgan fingerprint density at radius 2 is 2.09 bits per heavy atom. The number of nitrogens with one attached hydrogen (secondary N) is 3. The fraction of sp³-hybridized carbons (Fsp3) is 0.714. The summed E-state index contributed by atoms with van der Waals surface area (Å²) in [6.45, 7) is 8.24. The molecule has 0 spiro atoms. The molecule has 0 atom stereocenters. The molecule has 0 aliphatic heterocycles. The first-order valence-corrected chi connectivity index (χ1v) is 9.63. The zero-order valence-corrected chi connectivity index (χ0v) is 15.0. The summed E-state index contributed by atoms with van der Waals surface area (Å²) in [5.74, 6) is 1.70. The van der Waals surface area contributed by atoms with E-state index >= 15 is 0 Å². The number of sulfonamides is 1. The molecule has 1 aromatic rings. The van der Waals surface area contributed by atoms with Gasteiger partial charge in [0.2, 0.25) is 10.0 Å². The van der Waals surface area contributed by atoms with Crippen LogP contribution in [0.3, 0.4) is 0 Å². The van der Waals surface area contributed by atoms with Crippen molar-refractivity contribution in [2.45, 2.75) is 39.7 Å². The highest BCUT2D eigenvalue weighted by atomic mass is 32.2. The maximum Gasteiger partial charge on any atom is 0.208 e. The second-order valence-corrected chi connectivity index (χ2v) is 7.35. The van der Waals surface area contributed by atoms with Crippen LogP contribution in [0.25, 0.3) is 0 Å². The molecular formula is C14H27N5O3S. The molecule has 0 fully saturated rings. The maximum absolute atomic E-state index is 11.0. The largest absolute Gasteiger partial charge is 0.359 e. The van der Waals surface area contributed by atoms with Crippen molar-refractivity contribution in [3.63, 3.8) is 0 Å². The second-order valence-electron chi connectivity index (χ2n) is 5.51. The first-order valence-electron chi connectivity index (χ1n) is 7.74. The van der Waals surface area contributed by atoms with Crippen LogP contribution >= 0.6 is 0 Å². The topological polar surface area (TPSA) is 109 Å². The van der Waals surface area contributed by atoms with Crippen molar-refractivity contribution in [2.24, 2.45) is 4.99 Å². The minimum atomic E-state index is -3.13. The van der Waals surface area contributed by atoms with Gasteiger partial charge in [-0.25, -0.2) is 18.1 Å². The van der Waals surface area contributed by atoms with Gasteiger partial charge in [-0.15, -0.1) is 0 Å². The lowest BCUT2D eigenvalue weighted by molar-refractivity contribution is 0.376. The van der Waals surface area contributed by atoms with Crippen molar-refractivity contribution in [3.05, 3.63) is 17.5 Å². The summed E-state index contributed by atoms with van der Waals surface area (Å²) >= 11 is 0. The van der Waals surface area contributed by atoms with Crippen molar-refractivity contribution in [3.8, 4) is 0 Å². The number of nitrogens with zero attached hydrogens (tertiary/aromatic N) is 2. The summed E-state index contributed by atoms with van der Waals surface area (Å²) < 4.78 is 29.6. The van der Waals surface area contributed by atoms with E-state index in [0.29, 0.717) is 43.7 Å². The number of rotatable bonds is 9. The molecule has 0 amide bonds. The highest BCUT2D eigenvalue weighted by Crippen LogP contribution is 2.14. The molecule has 3 N–H and O–H groups in total. The molecule has 0 unspecified atom stereocenters. The minimum absolute atomic E-state index is 0.324. The van der Waals surface area contributed by atoms with E-state index < -0.39 is 10.0 Å². The van der Waals surface area contributed by atoms with E-state index in [-0.39, 0.29) is 0 Å². The van der Waals surface area contributed by atoms with Gasteiger partial charge in [-0.2, -0.15) is 0 Å². The van der Waals surface area contributed by atoms with E-state index in [1.807, 2.05) is 13.0 Å². The summed E-state index contributed by atoms with van der Waals surface area (Å²) in [5, 5.41) is 10.3. The predicted octanol–water partition coefficient (Wildman–Crippen LogP) is 0.792. The number of aromatic nitrogens is 1. The van der Waals surface area contributed by atoms with Crippen molar-refractivity contribution < 1.29 is 12.9 Å². The summed E-state index contributed by atoms with van der Waals surface area (Å²) in [7, 11) is -3.13. The normalized spacial score (nSPS) is 12.7. The summed E-state index contributed by atoms with van der Waals surface area (Å²) in [6.07, 6.45) is 1.81. The summed E-state index contributed by atoms with van der Waals surface area (Å²) in [5.41, 5.74) is 0.917. The van der Waals surface area contributed by atoms with Crippen molar-refractivity contribution >= 4 is 16.0 Å². The van der Waals surface area contributed by atoms with Gasteiger partial charge in [-0.1, -0.05) is 19.0 Å². The van der Waals surface area contributed by atoms with E-state index in [1.54, 1.807) is 0 Å². The number of aliphatic imine (C=N–C) groups is 1. The van der Waals surface area contributed by atoms with Gasteiger partial charge in [0.05, 0.1) is 11.9 Å². The third-order valence-electron chi connectivity index (χ3n) is 2.92. The SMILES string of the molecule is CCNC(=NCc1cc(C(C)C)no1)NCCCNS(C)(=O)=O. The lowest BCUT2D eigenvalue weighted by Crippen LogP contribution is -2.38. The molecule has 132 valence electrons. The first kappa shape index (κ1) is 19.4. The minimum Gasteiger partial charge on any atom is -0.359 e. The molecule has 23 heavy (non-hydrogen) atoms. The zero-order chi connectivity index (χ0) is 17.3. The predicted molar refractivity (Wildman–Crippen MR) is 90.9 cm³/mol. The Hall–Kier alpha value is -1.61. The molecule has 0 aromatic carbocycles. The summed E-state index contributed by atoms with van der Waals surface area (Å²) in [4.78, 5) is 4.42. The Kier molecular flexibility index (Phi) is 8.04. The zero-order valence-electron chi connectivity index (χ0n) is 14.2. The Morgan fingerprint density at radius 3 is 2.65 bits per heavy atom. The van der Waals surface area contributed by atoms with Crippen LogP contribution in [0.15, 0.2) is 15.6 Å². The lowest BCUT2D eigenvalue weighted by Gasteiger charge is -2.10. The Balaban J connectivity index is 2.43. The molecule has 0 aliphatic carbocycles. The van der Waals surface area contributed by atoms with Crippen molar-refractivity contribution in [1.82, 2.24) is 20.5 Å². The molecule has 0 saturated heterocycles. The van der Waals surface area contributed by atoms with Crippen LogP contribution in [-0.2, 0) is 16.6 Å². The molecule has 0 aliphatic rings. The summed E-state index contributed by atoms with van der Waals surface area (Å²) in [6, 6.07) is 1.91. The van der Waals surface area contributed by atoms with Gasteiger partial charge in [0.15, 0.2) is 11.7 Å². The smallest absolute Gasteiger partial charge is 0.208 e. The monoisotopic (exact) mass is 345 g/mol. The maximum atomic E-state index is 11.0. The van der Waals surface area contributed by atoms with Gasteiger partial charge in [0, 0.05) is 25.7 Å². The number of hydrogen-bond donors (Lipinski definition) is 3. The Labute approximate surface area is 138 Å². The molecule has 0 saturated carbocycles. The molecular weight excluding hydrogens is 318 g/mol. The number of guanidine groups is 1. The van der Waals surface area contributed by atoms with Gasteiger partial charge < -0.3 is 15.2 Å². The van der Waals surface area contributed by atoms with E-state index in [2.05, 4.69) is 39.4 Å². The highest BCUT2D eigenvalue weighted by Gasteiger charge is 2.07. The lowest BCUT2D eigenvalue weighted by atomic mass is 10.1. The van der Waals surface area contributed by atoms with Gasteiger partial charge >= 0.3 is 0 Å². The van der Waals surface area contributed by atoms with Crippen molar-refractivity contribution in [2.75, 3.05) is 25.9 Å². The molecule has 0 radical (unpaired) electrons. The fourth-order valence-electron chi connectivity index (χ4n) is 1.73. The van der Waals surface area contributed by atoms with Crippen molar-refractivity contribution in [1.29, 1.82) is 0 Å². The number of hydrogen-bond acceptors (Lipinski definition) is 5. The second kappa shape index (κ2) is 9.51. The Bertz CT molecular complexity index is 595. The third-order valence-corrected chi connectivity index (χ3v) is 3.64. The molecule has 8 nitrogen and oxygen atoms in total. The van der Waals surface area contributed by atoms with Crippen LogP contribution in [0.2, 0.25) is 0 Å². The standard InChI is InChI=1S/C14H27N5O3S/c1-5-15-14(16-7-6-8-18-23(4,20)21)17-10-12-9-13(11(2)3)19-22-12/h9,11,18H,5-8,10H2,1-4H3,(H2,15,16,17). The molecule has 0 bridgehead atoms. The van der Waals surface area contributed by atoms with Crippen LogP contribution < -0.4 is 15.4 Å². The van der Waals surface area contributed by atoms with Gasteiger partial charge in [-0.05, 0) is 19.3 Å². The van der Waals surface area contributed by atoms with Gasteiger partial charge in [0.1, 0.15) is 6.54 Å². The van der Waals surface area contributed by atoms with E-state index in [9.17, 15) is 8.42 Å². The van der Waals surface area contributed by atoms with Gasteiger partial charge in [0.25, 0.3) is 0 Å². The van der Waals surface area contributed by atoms with Crippen LogP contribution in [0.4, 0.5) is 0 Å². The van der Waals surface area contributed by atoms with Crippen LogP contribution in [0, 0.1) is 0 Å². The fourth-order valence-corrected chi connectivity index (χ4v) is 2.24. The van der Waals surface area contributed by atoms with E-state index in [1.165, 1.54) is 0 Å².